The van der Waals surface area contributed by atoms with Crippen molar-refractivity contribution in [2.24, 2.45) is 5.10 Å². The van der Waals surface area contributed by atoms with Crippen molar-refractivity contribution in [2.75, 3.05) is 19.5 Å². The fourth-order valence-corrected chi connectivity index (χ4v) is 2.83. The summed E-state index contributed by atoms with van der Waals surface area (Å²) in [6.07, 6.45) is 0. The number of carbonyl (C=O) groups is 2. The number of carbonyl (C=O) groups excluding carboxylic acids is 2. The number of nitrogens with zero attached hydrogens (tertiary/aromatic N) is 1. The number of anilines is 1. The van der Waals surface area contributed by atoms with Crippen LogP contribution in [0.2, 0.25) is 0 Å². The zero-order valence-electron chi connectivity index (χ0n) is 17.5. The van der Waals surface area contributed by atoms with Crippen molar-refractivity contribution in [2.45, 2.75) is 6.92 Å². The third-order valence-electron chi connectivity index (χ3n) is 4.57. The van der Waals surface area contributed by atoms with Crippen molar-refractivity contribution >= 4 is 23.2 Å². The Morgan fingerprint density at radius 3 is 2.03 bits per heavy atom. The topological polar surface area (TPSA) is 89.0 Å². The Bertz CT molecular complexity index is 1090. The van der Waals surface area contributed by atoms with Crippen LogP contribution in [0.3, 0.4) is 0 Å². The molecule has 0 saturated carbocycles. The summed E-state index contributed by atoms with van der Waals surface area (Å²) < 4.78 is 10.4. The average Bonchev–Trinajstić information content (AvgIpc) is 2.82. The van der Waals surface area contributed by atoms with Crippen molar-refractivity contribution in [1.82, 2.24) is 5.43 Å². The zero-order chi connectivity index (χ0) is 22.2. The van der Waals surface area contributed by atoms with E-state index in [4.69, 9.17) is 9.47 Å². The van der Waals surface area contributed by atoms with Crippen molar-refractivity contribution in [1.29, 1.82) is 0 Å². The normalized spacial score (nSPS) is 10.9. The van der Waals surface area contributed by atoms with Crippen LogP contribution in [0, 0.1) is 0 Å². The molecule has 0 saturated heterocycles. The lowest BCUT2D eigenvalue weighted by atomic mass is 10.1. The first-order valence-corrected chi connectivity index (χ1v) is 9.55. The molecule has 158 valence electrons. The molecule has 0 aliphatic rings. The number of hydrazone groups is 1. The first kappa shape index (κ1) is 21.6. The number of ether oxygens (including phenoxy) is 2. The Kier molecular flexibility index (Phi) is 7.01. The quantitative estimate of drug-likeness (QED) is 0.447. The van der Waals surface area contributed by atoms with E-state index in [9.17, 15) is 9.59 Å². The van der Waals surface area contributed by atoms with Gasteiger partial charge in [0.2, 0.25) is 0 Å². The summed E-state index contributed by atoms with van der Waals surface area (Å²) in [4.78, 5) is 24.6. The molecule has 0 atom stereocenters. The van der Waals surface area contributed by atoms with Crippen LogP contribution in [0.4, 0.5) is 5.69 Å². The molecule has 7 nitrogen and oxygen atoms in total. The van der Waals surface area contributed by atoms with Gasteiger partial charge in [0.25, 0.3) is 11.8 Å². The summed E-state index contributed by atoms with van der Waals surface area (Å²) in [6.45, 7) is 1.78. The van der Waals surface area contributed by atoms with Crippen LogP contribution >= 0.6 is 0 Å². The summed E-state index contributed by atoms with van der Waals surface area (Å²) in [5, 5.41) is 7.01. The van der Waals surface area contributed by atoms with Crippen LogP contribution in [0.1, 0.15) is 33.2 Å². The van der Waals surface area contributed by atoms with Gasteiger partial charge in [0, 0.05) is 16.8 Å². The van der Waals surface area contributed by atoms with E-state index in [2.05, 4.69) is 15.8 Å². The fraction of sp³-hybridized carbons (Fsp3) is 0.125. The second kappa shape index (κ2) is 10.1. The Morgan fingerprint density at radius 2 is 1.39 bits per heavy atom. The van der Waals surface area contributed by atoms with E-state index in [1.165, 1.54) is 14.2 Å². The first-order valence-electron chi connectivity index (χ1n) is 9.55. The number of hydrogen-bond acceptors (Lipinski definition) is 5. The molecule has 0 aliphatic carbocycles. The molecule has 0 spiro atoms. The minimum atomic E-state index is -0.368. The predicted molar refractivity (Wildman–Crippen MR) is 120 cm³/mol. The Morgan fingerprint density at radius 1 is 0.742 bits per heavy atom. The Labute approximate surface area is 180 Å². The minimum Gasteiger partial charge on any atom is -0.493 e. The molecule has 3 aromatic rings. The largest absolute Gasteiger partial charge is 0.493 e. The van der Waals surface area contributed by atoms with E-state index in [1.807, 2.05) is 30.3 Å². The smallest absolute Gasteiger partial charge is 0.271 e. The van der Waals surface area contributed by atoms with Gasteiger partial charge in [-0.05, 0) is 55.0 Å². The maximum absolute atomic E-state index is 12.4. The van der Waals surface area contributed by atoms with Crippen LogP contribution in [-0.4, -0.2) is 31.7 Å². The third kappa shape index (κ3) is 5.48. The highest BCUT2D eigenvalue weighted by molar-refractivity contribution is 6.05. The van der Waals surface area contributed by atoms with E-state index < -0.39 is 0 Å². The molecule has 0 aliphatic heterocycles. The lowest BCUT2D eigenvalue weighted by Crippen LogP contribution is -2.19. The summed E-state index contributed by atoms with van der Waals surface area (Å²) in [5.74, 6) is 0.454. The molecule has 7 heteroatoms. The number of benzene rings is 3. The zero-order valence-corrected chi connectivity index (χ0v) is 17.5. The first-order chi connectivity index (χ1) is 15.0. The SMILES string of the molecule is COc1ccc(C(=O)N/N=C(\C)c2ccc(NC(=O)c3ccccc3)cc2)cc1OC. The number of methoxy groups -OCH3 is 2. The lowest BCUT2D eigenvalue weighted by molar-refractivity contribution is 0.0953. The van der Waals surface area contributed by atoms with E-state index in [0.29, 0.717) is 34.0 Å². The van der Waals surface area contributed by atoms with Gasteiger partial charge in [-0.3, -0.25) is 9.59 Å². The van der Waals surface area contributed by atoms with Gasteiger partial charge in [-0.15, -0.1) is 0 Å². The molecular formula is C24H23N3O4. The molecule has 0 aromatic heterocycles. The van der Waals surface area contributed by atoms with Crippen LogP contribution < -0.4 is 20.2 Å². The number of hydrogen-bond donors (Lipinski definition) is 2. The fourth-order valence-electron chi connectivity index (χ4n) is 2.83. The third-order valence-corrected chi connectivity index (χ3v) is 4.57. The van der Waals surface area contributed by atoms with E-state index in [1.54, 1.807) is 49.4 Å². The van der Waals surface area contributed by atoms with Gasteiger partial charge in [0.1, 0.15) is 0 Å². The van der Waals surface area contributed by atoms with Gasteiger partial charge in [-0.1, -0.05) is 30.3 Å². The van der Waals surface area contributed by atoms with Gasteiger partial charge in [-0.2, -0.15) is 5.10 Å². The second-order valence-electron chi connectivity index (χ2n) is 6.61. The highest BCUT2D eigenvalue weighted by Gasteiger charge is 2.11. The molecule has 31 heavy (non-hydrogen) atoms. The molecule has 0 radical (unpaired) electrons. The summed E-state index contributed by atoms with van der Waals surface area (Å²) in [6, 6.07) is 21.1. The molecule has 0 heterocycles. The molecule has 0 unspecified atom stereocenters. The molecule has 0 bridgehead atoms. The van der Waals surface area contributed by atoms with Gasteiger partial charge < -0.3 is 14.8 Å². The van der Waals surface area contributed by atoms with Crippen LogP contribution in [0.25, 0.3) is 0 Å². The minimum absolute atomic E-state index is 0.180. The molecule has 2 amide bonds. The van der Waals surface area contributed by atoms with E-state index >= 15 is 0 Å². The monoisotopic (exact) mass is 417 g/mol. The van der Waals surface area contributed by atoms with Crippen molar-refractivity contribution < 1.29 is 19.1 Å². The highest BCUT2D eigenvalue weighted by Crippen LogP contribution is 2.27. The van der Waals surface area contributed by atoms with Crippen LogP contribution in [-0.2, 0) is 0 Å². The van der Waals surface area contributed by atoms with Gasteiger partial charge in [-0.25, -0.2) is 5.43 Å². The lowest BCUT2D eigenvalue weighted by Gasteiger charge is -2.09. The van der Waals surface area contributed by atoms with Gasteiger partial charge >= 0.3 is 0 Å². The van der Waals surface area contributed by atoms with Gasteiger partial charge in [0.15, 0.2) is 11.5 Å². The molecule has 3 rings (SSSR count). The number of amides is 2. The molecule has 3 aromatic carbocycles. The number of nitrogens with one attached hydrogen (secondary N) is 2. The summed E-state index contributed by atoms with van der Waals surface area (Å²) in [7, 11) is 3.04. The summed E-state index contributed by atoms with van der Waals surface area (Å²) >= 11 is 0. The van der Waals surface area contributed by atoms with E-state index in [0.717, 1.165) is 5.56 Å². The van der Waals surface area contributed by atoms with Crippen LogP contribution in [0.15, 0.2) is 77.9 Å². The number of rotatable bonds is 7. The standard InChI is InChI=1S/C24H23N3O4/c1-16(26-27-24(29)19-11-14-21(30-2)22(15-19)31-3)17-9-12-20(13-10-17)25-23(28)18-7-5-4-6-8-18/h4-15H,1-3H3,(H,25,28)(H,27,29)/b26-16+. The Balaban J connectivity index is 1.64. The van der Waals surface area contributed by atoms with E-state index in [-0.39, 0.29) is 11.8 Å². The maximum Gasteiger partial charge on any atom is 0.271 e. The summed E-state index contributed by atoms with van der Waals surface area (Å²) in [5.41, 5.74) is 5.62. The predicted octanol–water partition coefficient (Wildman–Crippen LogP) is 4.11. The molecule has 2 N–H and O–H groups in total. The average molecular weight is 417 g/mol. The maximum atomic E-state index is 12.4. The van der Waals surface area contributed by atoms with Gasteiger partial charge in [0.05, 0.1) is 19.9 Å². The van der Waals surface area contributed by atoms with Crippen molar-refractivity contribution in [3.8, 4) is 11.5 Å². The van der Waals surface area contributed by atoms with Crippen molar-refractivity contribution in [3.05, 3.63) is 89.5 Å². The Hall–Kier alpha value is -4.13. The highest BCUT2D eigenvalue weighted by atomic mass is 16.5. The van der Waals surface area contributed by atoms with Crippen LogP contribution in [0.5, 0.6) is 11.5 Å². The molecular weight excluding hydrogens is 394 g/mol. The van der Waals surface area contributed by atoms with Crippen molar-refractivity contribution in [3.63, 3.8) is 0 Å². The molecule has 0 fully saturated rings. The second-order valence-corrected chi connectivity index (χ2v) is 6.61.